The molecule has 0 aromatic heterocycles. The molecule has 12 heteroatoms. The summed E-state index contributed by atoms with van der Waals surface area (Å²) in [5.41, 5.74) is 1.37. The van der Waals surface area contributed by atoms with Crippen molar-refractivity contribution in [2.75, 3.05) is 19.6 Å². The number of nitrogens with zero attached hydrogens (tertiary/aromatic N) is 2. The smallest absolute Gasteiger partial charge is 0.416 e. The predicted octanol–water partition coefficient (Wildman–Crippen LogP) is 6.79. The van der Waals surface area contributed by atoms with Gasteiger partial charge < -0.3 is 25.0 Å². The van der Waals surface area contributed by atoms with E-state index in [0.29, 0.717) is 49.4 Å². The van der Waals surface area contributed by atoms with E-state index in [0.717, 1.165) is 23.4 Å². The molecule has 3 amide bonds. The van der Waals surface area contributed by atoms with E-state index >= 15 is 0 Å². The molecule has 264 valence electrons. The molecule has 0 saturated carbocycles. The highest BCUT2D eigenvalue weighted by Crippen LogP contribution is 2.30. The maximum absolute atomic E-state index is 13.0. The Morgan fingerprint density at radius 3 is 2.14 bits per heavy atom. The second-order valence-corrected chi connectivity index (χ2v) is 12.2. The SMILES string of the molecule is O=C(O)C(=O)N(Cc1ccc(C(=O)NCc2ccc(Oc3ccccc3)cc2)cc1)CC1CCN(C(=O)/C=C/c2cccc(C(F)(F)F)c2)CC1. The monoisotopic (exact) mass is 699 g/mol. The van der Waals surface area contributed by atoms with Gasteiger partial charge in [0, 0.05) is 44.4 Å². The first-order valence-electron chi connectivity index (χ1n) is 16.3. The second kappa shape index (κ2) is 16.7. The summed E-state index contributed by atoms with van der Waals surface area (Å²) in [6, 6.07) is 28.0. The van der Waals surface area contributed by atoms with Gasteiger partial charge in [-0.2, -0.15) is 13.2 Å². The van der Waals surface area contributed by atoms with Crippen molar-refractivity contribution in [3.05, 3.63) is 137 Å². The van der Waals surface area contributed by atoms with Gasteiger partial charge >= 0.3 is 18.1 Å². The molecule has 4 aromatic rings. The van der Waals surface area contributed by atoms with Crippen molar-refractivity contribution in [3.63, 3.8) is 0 Å². The van der Waals surface area contributed by atoms with Crippen LogP contribution >= 0.6 is 0 Å². The van der Waals surface area contributed by atoms with E-state index in [1.807, 2.05) is 54.6 Å². The minimum atomic E-state index is -4.49. The Kier molecular flexibility index (Phi) is 11.9. The molecule has 5 rings (SSSR count). The molecule has 2 N–H and O–H groups in total. The van der Waals surface area contributed by atoms with Crippen molar-refractivity contribution in [2.45, 2.75) is 32.1 Å². The number of halogens is 3. The summed E-state index contributed by atoms with van der Waals surface area (Å²) < 4.78 is 44.8. The van der Waals surface area contributed by atoms with Crippen molar-refractivity contribution in [1.82, 2.24) is 15.1 Å². The number of alkyl halides is 3. The highest BCUT2D eigenvalue weighted by atomic mass is 19.4. The Hall–Kier alpha value is -5.91. The number of carbonyl (C=O) groups is 4. The maximum atomic E-state index is 13.0. The first-order chi connectivity index (χ1) is 24.4. The zero-order valence-corrected chi connectivity index (χ0v) is 27.5. The fraction of sp³-hybridized carbons (Fsp3) is 0.231. The van der Waals surface area contributed by atoms with E-state index < -0.39 is 23.6 Å². The van der Waals surface area contributed by atoms with E-state index in [9.17, 15) is 37.5 Å². The van der Waals surface area contributed by atoms with Crippen LogP contribution in [0.2, 0.25) is 0 Å². The lowest BCUT2D eigenvalue weighted by Crippen LogP contribution is -2.44. The molecule has 0 bridgehead atoms. The normalized spacial score (nSPS) is 13.5. The highest BCUT2D eigenvalue weighted by molar-refractivity contribution is 6.31. The fourth-order valence-corrected chi connectivity index (χ4v) is 5.66. The van der Waals surface area contributed by atoms with Crippen LogP contribution in [-0.2, 0) is 33.6 Å². The number of likely N-dealkylation sites (tertiary alicyclic amines) is 1. The summed E-state index contributed by atoms with van der Waals surface area (Å²) in [6.07, 6.45) is -0.893. The van der Waals surface area contributed by atoms with E-state index in [1.165, 1.54) is 29.2 Å². The number of rotatable bonds is 11. The van der Waals surface area contributed by atoms with Gasteiger partial charge in [-0.1, -0.05) is 54.6 Å². The molecule has 1 aliphatic heterocycles. The van der Waals surface area contributed by atoms with Gasteiger partial charge in [0.05, 0.1) is 5.56 Å². The number of hydrogen-bond acceptors (Lipinski definition) is 5. The second-order valence-electron chi connectivity index (χ2n) is 12.2. The van der Waals surface area contributed by atoms with Crippen molar-refractivity contribution in [1.29, 1.82) is 0 Å². The topological polar surface area (TPSA) is 116 Å². The van der Waals surface area contributed by atoms with E-state index in [2.05, 4.69) is 5.32 Å². The molecule has 1 fully saturated rings. The summed E-state index contributed by atoms with van der Waals surface area (Å²) in [7, 11) is 0. The third kappa shape index (κ3) is 10.5. The van der Waals surface area contributed by atoms with Crippen LogP contribution in [0.1, 0.15) is 45.5 Å². The van der Waals surface area contributed by atoms with Crippen LogP contribution in [0, 0.1) is 5.92 Å². The van der Waals surface area contributed by atoms with Gasteiger partial charge in [0.2, 0.25) is 5.91 Å². The summed E-state index contributed by atoms with van der Waals surface area (Å²) >= 11 is 0. The fourth-order valence-electron chi connectivity index (χ4n) is 5.66. The van der Waals surface area contributed by atoms with Crippen molar-refractivity contribution >= 4 is 29.8 Å². The minimum absolute atomic E-state index is 0.0172. The molecule has 1 heterocycles. The van der Waals surface area contributed by atoms with Crippen molar-refractivity contribution in [3.8, 4) is 11.5 Å². The number of ether oxygens (including phenoxy) is 1. The van der Waals surface area contributed by atoms with Crippen LogP contribution in [0.25, 0.3) is 6.08 Å². The number of hydrogen-bond donors (Lipinski definition) is 2. The molecule has 0 unspecified atom stereocenters. The Morgan fingerprint density at radius 1 is 0.843 bits per heavy atom. The average Bonchev–Trinajstić information content (AvgIpc) is 3.13. The molecule has 0 atom stereocenters. The summed E-state index contributed by atoms with van der Waals surface area (Å²) in [6.45, 7) is 1.17. The van der Waals surface area contributed by atoms with Crippen molar-refractivity contribution < 1.29 is 42.2 Å². The Bertz CT molecular complexity index is 1850. The number of piperidine rings is 1. The number of amides is 3. The third-order valence-electron chi connectivity index (χ3n) is 8.45. The van der Waals surface area contributed by atoms with Gasteiger partial charge in [-0.25, -0.2) is 4.79 Å². The lowest BCUT2D eigenvalue weighted by Gasteiger charge is -2.34. The largest absolute Gasteiger partial charge is 0.474 e. The third-order valence-corrected chi connectivity index (χ3v) is 8.45. The van der Waals surface area contributed by atoms with Gasteiger partial charge in [-0.15, -0.1) is 0 Å². The quantitative estimate of drug-likeness (QED) is 0.132. The highest BCUT2D eigenvalue weighted by Gasteiger charge is 2.30. The molecule has 9 nitrogen and oxygen atoms in total. The molecule has 1 saturated heterocycles. The van der Waals surface area contributed by atoms with Crippen LogP contribution < -0.4 is 10.1 Å². The van der Waals surface area contributed by atoms with Gasteiger partial charge in [0.1, 0.15) is 11.5 Å². The zero-order chi connectivity index (χ0) is 36.4. The minimum Gasteiger partial charge on any atom is -0.474 e. The number of carboxylic acids is 1. The molecular weight excluding hydrogens is 663 g/mol. The molecule has 0 spiro atoms. The maximum Gasteiger partial charge on any atom is 0.416 e. The van der Waals surface area contributed by atoms with Gasteiger partial charge in [-0.05, 0) is 90.1 Å². The van der Waals surface area contributed by atoms with Crippen LogP contribution in [0.15, 0.2) is 109 Å². The van der Waals surface area contributed by atoms with Gasteiger partial charge in [0.25, 0.3) is 5.91 Å². The van der Waals surface area contributed by atoms with E-state index in [-0.39, 0.29) is 36.4 Å². The number of carboxylic acid groups (broad SMARTS) is 1. The van der Waals surface area contributed by atoms with Crippen molar-refractivity contribution in [2.24, 2.45) is 5.92 Å². The first kappa shape index (κ1) is 36.4. The van der Waals surface area contributed by atoms with Crippen LogP contribution in [0.4, 0.5) is 13.2 Å². The molecule has 4 aromatic carbocycles. The number of para-hydroxylation sites is 1. The van der Waals surface area contributed by atoms with E-state index in [1.54, 1.807) is 29.2 Å². The van der Waals surface area contributed by atoms with Crippen LogP contribution in [0.5, 0.6) is 11.5 Å². The summed E-state index contributed by atoms with van der Waals surface area (Å²) in [5.74, 6) is -1.97. The number of benzene rings is 4. The number of carbonyl (C=O) groups excluding carboxylic acids is 3. The lowest BCUT2D eigenvalue weighted by atomic mass is 9.95. The summed E-state index contributed by atoms with van der Waals surface area (Å²) in [4.78, 5) is 52.6. The summed E-state index contributed by atoms with van der Waals surface area (Å²) in [5, 5.41) is 12.3. The van der Waals surface area contributed by atoms with Gasteiger partial charge in [-0.3, -0.25) is 14.4 Å². The molecule has 0 aliphatic carbocycles. The number of nitrogens with one attached hydrogen (secondary N) is 1. The average molecular weight is 700 g/mol. The van der Waals surface area contributed by atoms with E-state index in [4.69, 9.17) is 4.74 Å². The molecule has 1 aliphatic rings. The molecule has 51 heavy (non-hydrogen) atoms. The standard InChI is InChI=1S/C39H36F3N3O6/c40-39(41,42)32-6-4-5-27(23-32)13-18-35(46)44-21-19-30(20-22-44)26-45(37(48)38(49)50)25-29-9-14-31(15-10-29)36(47)43-24-28-11-16-34(17-12-28)51-33-7-2-1-3-8-33/h1-18,23,30H,19-22,24-26H2,(H,43,47)(H,49,50)/b18-13+. The number of aliphatic carboxylic acids is 1. The Labute approximate surface area is 293 Å². The Morgan fingerprint density at radius 2 is 1.49 bits per heavy atom. The van der Waals surface area contributed by atoms with Crippen LogP contribution in [0.3, 0.4) is 0 Å². The zero-order valence-electron chi connectivity index (χ0n) is 27.5. The van der Waals surface area contributed by atoms with Crippen LogP contribution in [-0.4, -0.2) is 58.2 Å². The molecular formula is C39H36F3N3O6. The molecule has 0 radical (unpaired) electrons. The first-order valence-corrected chi connectivity index (χ1v) is 16.3. The predicted molar refractivity (Wildman–Crippen MR) is 183 cm³/mol. The van der Waals surface area contributed by atoms with Gasteiger partial charge in [0.15, 0.2) is 0 Å². The Balaban J connectivity index is 1.10. The lowest BCUT2D eigenvalue weighted by molar-refractivity contribution is -0.156.